The minimum absolute atomic E-state index is 0.320. The number of nitrogen functional groups attached to an aromatic ring is 1. The molecule has 1 unspecified atom stereocenters. The topological polar surface area (TPSA) is 128 Å². The number of nitrogens with one attached hydrogen (secondary N) is 2. The molecule has 8 nitrogen and oxygen atoms in total. The number of aryl methyl sites for hydroxylation is 1. The maximum Gasteiger partial charge on any atom is 0.319 e. The standard InChI is InChI=1S/C24H24N4O4/c1-16-6-5-7-19(14-16)27-24(32)26-15-21(29)28(20-8-3-2-4-9-20)22(23(30)31)17-10-12-18(25)13-11-17/h2-14,22H,15,25H2,1H3,(H,30,31)(H2,26,27,32)/p-1. The van der Waals surface area contributed by atoms with Gasteiger partial charge in [-0.3, -0.25) is 9.69 Å². The summed E-state index contributed by atoms with van der Waals surface area (Å²) in [6.07, 6.45) is 0. The molecule has 3 aromatic carbocycles. The van der Waals surface area contributed by atoms with Gasteiger partial charge in [0.25, 0.3) is 0 Å². The Labute approximate surface area is 185 Å². The largest absolute Gasteiger partial charge is 0.547 e. The molecule has 0 aliphatic rings. The number of carboxylic acid groups (broad SMARTS) is 1. The molecule has 0 aliphatic heterocycles. The van der Waals surface area contributed by atoms with Crippen molar-refractivity contribution in [3.05, 3.63) is 90.0 Å². The first-order valence-corrected chi connectivity index (χ1v) is 9.90. The number of para-hydroxylation sites is 1. The second kappa shape index (κ2) is 10.1. The number of amides is 3. The molecular formula is C24H23N4O4-. The maximum atomic E-state index is 13.1. The van der Waals surface area contributed by atoms with Gasteiger partial charge < -0.3 is 26.3 Å². The molecule has 0 aromatic heterocycles. The van der Waals surface area contributed by atoms with Crippen LogP contribution in [0.25, 0.3) is 0 Å². The zero-order chi connectivity index (χ0) is 23.1. The van der Waals surface area contributed by atoms with E-state index in [1.807, 2.05) is 13.0 Å². The number of rotatable bonds is 7. The second-order valence-corrected chi connectivity index (χ2v) is 7.16. The molecule has 164 valence electrons. The summed E-state index contributed by atoms with van der Waals surface area (Å²) in [5.74, 6) is -2.09. The molecule has 1 atom stereocenters. The summed E-state index contributed by atoms with van der Waals surface area (Å²) >= 11 is 0. The Kier molecular flexibility index (Phi) is 7.07. The first-order valence-electron chi connectivity index (χ1n) is 9.90. The highest BCUT2D eigenvalue weighted by molar-refractivity contribution is 6.02. The Balaban J connectivity index is 1.81. The normalized spacial score (nSPS) is 11.3. The molecule has 0 heterocycles. The molecule has 0 bridgehead atoms. The Hall–Kier alpha value is -4.33. The van der Waals surface area contributed by atoms with Crippen LogP contribution in [0.4, 0.5) is 21.9 Å². The lowest BCUT2D eigenvalue weighted by Gasteiger charge is -2.33. The zero-order valence-electron chi connectivity index (χ0n) is 17.4. The number of carbonyl (C=O) groups excluding carboxylic acids is 3. The molecule has 3 aromatic rings. The van der Waals surface area contributed by atoms with E-state index in [-0.39, 0.29) is 0 Å². The second-order valence-electron chi connectivity index (χ2n) is 7.16. The number of hydrogen-bond donors (Lipinski definition) is 3. The van der Waals surface area contributed by atoms with Crippen molar-refractivity contribution in [2.75, 3.05) is 22.5 Å². The quantitative estimate of drug-likeness (QED) is 0.494. The molecule has 3 rings (SSSR count). The molecule has 0 saturated carbocycles. The average Bonchev–Trinajstić information content (AvgIpc) is 2.77. The lowest BCUT2D eigenvalue weighted by molar-refractivity contribution is -0.307. The van der Waals surface area contributed by atoms with E-state index in [2.05, 4.69) is 10.6 Å². The number of nitrogens with zero attached hydrogens (tertiary/aromatic N) is 1. The predicted octanol–water partition coefficient (Wildman–Crippen LogP) is 2.22. The van der Waals surface area contributed by atoms with Crippen molar-refractivity contribution in [3.8, 4) is 0 Å². The van der Waals surface area contributed by atoms with Crippen molar-refractivity contribution >= 4 is 35.0 Å². The minimum Gasteiger partial charge on any atom is -0.547 e. The van der Waals surface area contributed by atoms with Gasteiger partial charge in [0.15, 0.2) is 0 Å². The van der Waals surface area contributed by atoms with Gasteiger partial charge >= 0.3 is 6.03 Å². The number of carbonyl (C=O) groups is 3. The van der Waals surface area contributed by atoms with Gasteiger partial charge in [-0.15, -0.1) is 0 Å². The van der Waals surface area contributed by atoms with E-state index in [1.54, 1.807) is 60.7 Å². The Morgan fingerprint density at radius 2 is 1.66 bits per heavy atom. The molecule has 32 heavy (non-hydrogen) atoms. The average molecular weight is 431 g/mol. The van der Waals surface area contributed by atoms with Crippen molar-refractivity contribution < 1.29 is 19.5 Å². The molecule has 8 heteroatoms. The van der Waals surface area contributed by atoms with E-state index < -0.39 is 30.5 Å². The number of urea groups is 1. The third-order valence-electron chi connectivity index (χ3n) is 4.71. The van der Waals surface area contributed by atoms with Crippen LogP contribution in [0.1, 0.15) is 17.2 Å². The number of anilines is 3. The van der Waals surface area contributed by atoms with Crippen LogP contribution < -0.4 is 26.4 Å². The molecule has 0 saturated heterocycles. The van der Waals surface area contributed by atoms with Gasteiger partial charge in [0.1, 0.15) is 6.04 Å². The van der Waals surface area contributed by atoms with Gasteiger partial charge in [-0.25, -0.2) is 4.79 Å². The summed E-state index contributed by atoms with van der Waals surface area (Å²) in [6, 6.07) is 19.7. The van der Waals surface area contributed by atoms with E-state index in [9.17, 15) is 19.5 Å². The van der Waals surface area contributed by atoms with Gasteiger partial charge in [-0.1, -0.05) is 42.5 Å². The van der Waals surface area contributed by atoms with Crippen LogP contribution >= 0.6 is 0 Å². The van der Waals surface area contributed by atoms with Crippen LogP contribution in [-0.4, -0.2) is 24.5 Å². The number of benzene rings is 3. The highest BCUT2D eigenvalue weighted by Gasteiger charge is 2.28. The summed E-state index contributed by atoms with van der Waals surface area (Å²) in [7, 11) is 0. The SMILES string of the molecule is Cc1cccc(NC(=O)NCC(=O)N(c2ccccc2)C(C(=O)[O-])c2ccc(N)cc2)c1. The van der Waals surface area contributed by atoms with Gasteiger partial charge in [0.05, 0.1) is 12.5 Å². The molecule has 0 spiro atoms. The lowest BCUT2D eigenvalue weighted by atomic mass is 10.0. The summed E-state index contributed by atoms with van der Waals surface area (Å²) in [6.45, 7) is 1.47. The predicted molar refractivity (Wildman–Crippen MR) is 121 cm³/mol. The fourth-order valence-corrected chi connectivity index (χ4v) is 3.23. The third-order valence-corrected chi connectivity index (χ3v) is 4.71. The van der Waals surface area contributed by atoms with E-state index >= 15 is 0 Å². The van der Waals surface area contributed by atoms with Gasteiger partial charge in [-0.2, -0.15) is 0 Å². The zero-order valence-corrected chi connectivity index (χ0v) is 17.4. The number of hydrogen-bond acceptors (Lipinski definition) is 5. The van der Waals surface area contributed by atoms with Crippen molar-refractivity contribution in [3.63, 3.8) is 0 Å². The third kappa shape index (κ3) is 5.63. The van der Waals surface area contributed by atoms with Gasteiger partial charge in [-0.05, 0) is 54.4 Å². The fourth-order valence-electron chi connectivity index (χ4n) is 3.23. The lowest BCUT2D eigenvalue weighted by Crippen LogP contribution is -2.48. The summed E-state index contributed by atoms with van der Waals surface area (Å²) in [4.78, 5) is 38.5. The maximum absolute atomic E-state index is 13.1. The Morgan fingerprint density at radius 1 is 0.969 bits per heavy atom. The fraction of sp³-hybridized carbons (Fsp3) is 0.125. The van der Waals surface area contributed by atoms with Crippen LogP contribution in [0.3, 0.4) is 0 Å². The Morgan fingerprint density at radius 3 is 2.28 bits per heavy atom. The Bertz CT molecular complexity index is 1100. The van der Waals surface area contributed by atoms with Crippen molar-refractivity contribution in [2.24, 2.45) is 0 Å². The van der Waals surface area contributed by atoms with Crippen molar-refractivity contribution in [2.45, 2.75) is 13.0 Å². The molecular weight excluding hydrogens is 408 g/mol. The van der Waals surface area contributed by atoms with Crippen LogP contribution in [-0.2, 0) is 9.59 Å². The van der Waals surface area contributed by atoms with E-state index in [4.69, 9.17) is 5.73 Å². The first-order chi connectivity index (χ1) is 15.3. The highest BCUT2D eigenvalue weighted by atomic mass is 16.4. The summed E-state index contributed by atoms with van der Waals surface area (Å²) in [5, 5.41) is 17.2. The van der Waals surface area contributed by atoms with Crippen LogP contribution in [0.5, 0.6) is 0 Å². The minimum atomic E-state index is -1.46. The molecule has 0 aliphatic carbocycles. The van der Waals surface area contributed by atoms with Crippen molar-refractivity contribution in [1.29, 1.82) is 0 Å². The van der Waals surface area contributed by atoms with Crippen LogP contribution in [0.2, 0.25) is 0 Å². The number of nitrogens with two attached hydrogens (primary N) is 1. The summed E-state index contributed by atoms with van der Waals surface area (Å²) < 4.78 is 0. The van der Waals surface area contributed by atoms with Gasteiger partial charge in [0, 0.05) is 17.1 Å². The molecule has 0 radical (unpaired) electrons. The monoisotopic (exact) mass is 431 g/mol. The van der Waals surface area contributed by atoms with E-state index in [1.165, 1.54) is 12.1 Å². The molecule has 4 N–H and O–H groups in total. The highest BCUT2D eigenvalue weighted by Crippen LogP contribution is 2.27. The smallest absolute Gasteiger partial charge is 0.319 e. The van der Waals surface area contributed by atoms with E-state index in [0.717, 1.165) is 10.5 Å². The van der Waals surface area contributed by atoms with E-state index in [0.29, 0.717) is 22.6 Å². The van der Waals surface area contributed by atoms with Crippen molar-refractivity contribution in [1.82, 2.24) is 5.32 Å². The number of carboxylic acids is 1. The van der Waals surface area contributed by atoms with Crippen LogP contribution in [0, 0.1) is 6.92 Å². The van der Waals surface area contributed by atoms with Crippen LogP contribution in [0.15, 0.2) is 78.9 Å². The number of aliphatic carboxylic acids is 1. The summed E-state index contributed by atoms with van der Waals surface area (Å²) in [5.41, 5.74) is 8.37. The first kappa shape index (κ1) is 22.4. The molecule has 0 fully saturated rings. The molecule has 3 amide bonds. The van der Waals surface area contributed by atoms with Gasteiger partial charge in [0.2, 0.25) is 5.91 Å².